The van der Waals surface area contributed by atoms with Crippen LogP contribution in [0.2, 0.25) is 5.02 Å². The van der Waals surface area contributed by atoms with E-state index in [1.807, 2.05) is 16.7 Å². The van der Waals surface area contributed by atoms with Crippen molar-refractivity contribution in [3.63, 3.8) is 0 Å². The summed E-state index contributed by atoms with van der Waals surface area (Å²) in [5, 5.41) is 15.9. The Morgan fingerprint density at radius 3 is 2.77 bits per heavy atom. The van der Waals surface area contributed by atoms with Crippen molar-refractivity contribution in [1.29, 1.82) is 0 Å². The SMILES string of the molecule is C=C1Cc2cc(C3=C(Cl)N=C(C4C5CC5c5cc(-c6cc(Cl)ccc6-n6cnnn6)cc(=O)n54)C3)ccc2N1. The lowest BCUT2D eigenvalue weighted by molar-refractivity contribution is 0.584. The van der Waals surface area contributed by atoms with Crippen LogP contribution in [0.4, 0.5) is 5.69 Å². The van der Waals surface area contributed by atoms with Gasteiger partial charge in [-0.1, -0.05) is 35.8 Å². The highest BCUT2D eigenvalue weighted by molar-refractivity contribution is 6.35. The van der Waals surface area contributed by atoms with Gasteiger partial charge >= 0.3 is 0 Å². The Morgan fingerprint density at radius 2 is 1.92 bits per heavy atom. The third kappa shape index (κ3) is 3.55. The number of hydrogen-bond acceptors (Lipinski definition) is 6. The van der Waals surface area contributed by atoms with Crippen molar-refractivity contribution in [1.82, 2.24) is 24.8 Å². The highest BCUT2D eigenvalue weighted by Crippen LogP contribution is 2.60. The Balaban J connectivity index is 1.15. The van der Waals surface area contributed by atoms with Crippen LogP contribution in [0.3, 0.4) is 0 Å². The number of tetrazole rings is 1. The molecule has 2 aromatic carbocycles. The van der Waals surface area contributed by atoms with Crippen LogP contribution in [0, 0.1) is 5.92 Å². The molecule has 1 fully saturated rings. The van der Waals surface area contributed by atoms with E-state index in [1.165, 1.54) is 11.9 Å². The predicted octanol–water partition coefficient (Wildman–Crippen LogP) is 5.74. The van der Waals surface area contributed by atoms with Crippen LogP contribution in [-0.4, -0.2) is 30.5 Å². The molecule has 4 aliphatic rings. The maximum Gasteiger partial charge on any atom is 0.251 e. The number of aliphatic imine (C=N–C) groups is 1. The normalized spacial score (nSPS) is 22.5. The largest absolute Gasteiger partial charge is 0.359 e. The summed E-state index contributed by atoms with van der Waals surface area (Å²) >= 11 is 13.1. The maximum atomic E-state index is 13.7. The van der Waals surface area contributed by atoms with E-state index in [1.54, 1.807) is 16.8 Å². The maximum absolute atomic E-state index is 13.7. The van der Waals surface area contributed by atoms with Gasteiger partial charge in [0, 0.05) is 63.8 Å². The highest BCUT2D eigenvalue weighted by Gasteiger charge is 2.55. The predicted molar refractivity (Wildman–Crippen MR) is 151 cm³/mol. The third-order valence-corrected chi connectivity index (χ3v) is 8.77. The molecule has 0 radical (unpaired) electrons. The van der Waals surface area contributed by atoms with Gasteiger partial charge in [0.15, 0.2) is 0 Å². The van der Waals surface area contributed by atoms with E-state index in [2.05, 4.69) is 51.7 Å². The van der Waals surface area contributed by atoms with E-state index in [-0.39, 0.29) is 11.6 Å². The number of fused-ring (bicyclic) bond motifs is 4. The minimum atomic E-state index is -0.0907. The monoisotopic (exact) mass is 553 g/mol. The first-order valence-corrected chi connectivity index (χ1v) is 13.5. The van der Waals surface area contributed by atoms with Crippen LogP contribution < -0.4 is 10.9 Å². The van der Waals surface area contributed by atoms with Gasteiger partial charge < -0.3 is 9.88 Å². The lowest BCUT2D eigenvalue weighted by Crippen LogP contribution is -2.29. The fraction of sp³-hybridized carbons (Fsp3) is 0.207. The lowest BCUT2D eigenvalue weighted by Gasteiger charge is -2.20. The van der Waals surface area contributed by atoms with Crippen molar-refractivity contribution in [2.45, 2.75) is 31.2 Å². The first-order valence-electron chi connectivity index (χ1n) is 12.8. The summed E-state index contributed by atoms with van der Waals surface area (Å²) in [6.45, 7) is 4.04. The second kappa shape index (κ2) is 8.24. The van der Waals surface area contributed by atoms with Crippen molar-refractivity contribution in [3.8, 4) is 16.8 Å². The fourth-order valence-electron chi connectivity index (χ4n) is 6.43. The second-order valence-corrected chi connectivity index (χ2v) is 11.4. The van der Waals surface area contributed by atoms with E-state index in [0.717, 1.165) is 63.6 Å². The Labute approximate surface area is 233 Å². The Morgan fingerprint density at radius 1 is 1.03 bits per heavy atom. The number of rotatable bonds is 4. The fourth-order valence-corrected chi connectivity index (χ4v) is 6.89. The van der Waals surface area contributed by atoms with Crippen LogP contribution in [0.15, 0.2) is 82.1 Å². The molecule has 0 amide bonds. The average molecular weight is 554 g/mol. The quantitative estimate of drug-likeness (QED) is 0.325. The van der Waals surface area contributed by atoms with Crippen LogP contribution in [-0.2, 0) is 6.42 Å². The molecule has 192 valence electrons. The molecule has 8 rings (SSSR count). The summed E-state index contributed by atoms with van der Waals surface area (Å²) in [6, 6.07) is 15.5. The molecule has 5 heterocycles. The van der Waals surface area contributed by atoms with E-state index in [0.29, 0.717) is 28.4 Å². The molecule has 0 saturated heterocycles. The molecule has 0 spiro atoms. The van der Waals surface area contributed by atoms with Gasteiger partial charge in [-0.05, 0) is 75.9 Å². The number of hydrogen-bond donors (Lipinski definition) is 1. The second-order valence-electron chi connectivity index (χ2n) is 10.6. The molecule has 3 atom stereocenters. The molecule has 8 nitrogen and oxygen atoms in total. The third-order valence-electron chi connectivity index (χ3n) is 8.23. The molecule has 3 aliphatic heterocycles. The molecule has 39 heavy (non-hydrogen) atoms. The minimum absolute atomic E-state index is 0.0586. The summed E-state index contributed by atoms with van der Waals surface area (Å²) in [7, 11) is 0. The minimum Gasteiger partial charge on any atom is -0.359 e. The first-order chi connectivity index (χ1) is 18.9. The van der Waals surface area contributed by atoms with E-state index in [9.17, 15) is 4.79 Å². The molecule has 1 N–H and O–H groups in total. The molecule has 1 aliphatic carbocycles. The van der Waals surface area contributed by atoms with Crippen LogP contribution >= 0.6 is 23.2 Å². The zero-order chi connectivity index (χ0) is 26.4. The van der Waals surface area contributed by atoms with Gasteiger partial charge in [-0.2, -0.15) is 4.68 Å². The molecule has 4 aromatic rings. The molecular weight excluding hydrogens is 533 g/mol. The number of nitrogens with one attached hydrogen (secondary N) is 1. The van der Waals surface area contributed by atoms with E-state index in [4.69, 9.17) is 28.2 Å². The summed E-state index contributed by atoms with van der Waals surface area (Å²) in [4.78, 5) is 18.5. The summed E-state index contributed by atoms with van der Waals surface area (Å²) in [5.74, 6) is 0.669. The smallest absolute Gasteiger partial charge is 0.251 e. The van der Waals surface area contributed by atoms with Gasteiger partial charge in [-0.3, -0.25) is 4.79 Å². The Hall–Kier alpha value is -4.01. The van der Waals surface area contributed by atoms with Gasteiger partial charge in [-0.25, -0.2) is 4.99 Å². The zero-order valence-corrected chi connectivity index (χ0v) is 22.1. The van der Waals surface area contributed by atoms with Crippen molar-refractivity contribution in [2.24, 2.45) is 10.9 Å². The standard InChI is InChI=1S/C29H21Cl2N7O/c1-14-6-17-7-15(2-4-23(17)33-14)20-12-24(34-29(20)31)28-22-11-21(22)26-8-16(9-27(39)38(26)28)19-10-18(30)3-5-25(19)37-13-32-35-36-37/h2-5,7-10,13,21-22,28,33H,1,6,11-12H2. The van der Waals surface area contributed by atoms with Crippen molar-refractivity contribution < 1.29 is 0 Å². The number of nitrogens with zero attached hydrogens (tertiary/aromatic N) is 6. The number of aromatic nitrogens is 5. The number of halogens is 2. The van der Waals surface area contributed by atoms with Crippen LogP contribution in [0.1, 0.15) is 41.6 Å². The molecule has 1 saturated carbocycles. The molecule has 0 bridgehead atoms. The van der Waals surface area contributed by atoms with Gasteiger partial charge in [0.25, 0.3) is 5.56 Å². The van der Waals surface area contributed by atoms with Crippen LogP contribution in [0.5, 0.6) is 0 Å². The first kappa shape index (κ1) is 22.9. The molecule has 10 heteroatoms. The zero-order valence-electron chi connectivity index (χ0n) is 20.6. The van der Waals surface area contributed by atoms with E-state index < -0.39 is 0 Å². The van der Waals surface area contributed by atoms with Gasteiger partial charge in [0.1, 0.15) is 11.5 Å². The number of pyridine rings is 1. The van der Waals surface area contributed by atoms with Crippen molar-refractivity contribution >= 4 is 40.2 Å². The lowest BCUT2D eigenvalue weighted by atomic mass is 9.96. The van der Waals surface area contributed by atoms with Crippen molar-refractivity contribution in [2.75, 3.05) is 5.32 Å². The highest BCUT2D eigenvalue weighted by atomic mass is 35.5. The van der Waals surface area contributed by atoms with Gasteiger partial charge in [-0.15, -0.1) is 5.10 Å². The Kier molecular flexibility index (Phi) is 4.85. The average Bonchev–Trinajstić information content (AvgIpc) is 3.29. The van der Waals surface area contributed by atoms with Crippen molar-refractivity contribution in [3.05, 3.63) is 104 Å². The van der Waals surface area contributed by atoms with E-state index >= 15 is 0 Å². The van der Waals surface area contributed by atoms with Crippen LogP contribution in [0.25, 0.3) is 22.4 Å². The summed E-state index contributed by atoms with van der Waals surface area (Å²) in [5.41, 5.74) is 9.65. The molecule has 2 aromatic heterocycles. The Bertz CT molecular complexity index is 1850. The topological polar surface area (TPSA) is 90.0 Å². The molecule has 3 unspecified atom stereocenters. The summed E-state index contributed by atoms with van der Waals surface area (Å²) in [6.07, 6.45) is 3.99. The number of allylic oxidation sites excluding steroid dienone is 2. The summed E-state index contributed by atoms with van der Waals surface area (Å²) < 4.78 is 3.50. The number of anilines is 1. The van der Waals surface area contributed by atoms with Gasteiger partial charge in [0.05, 0.1) is 11.7 Å². The molecular formula is C29H21Cl2N7O. The van der Waals surface area contributed by atoms with Gasteiger partial charge in [0.2, 0.25) is 0 Å². The number of benzene rings is 2.